The number of hydrogen-bond acceptors (Lipinski definition) is 4. The van der Waals surface area contributed by atoms with Gasteiger partial charge in [-0.3, -0.25) is 4.79 Å². The third kappa shape index (κ3) is 4.54. The number of carbonyl (C=O) groups excluding carboxylic acids is 1. The van der Waals surface area contributed by atoms with Gasteiger partial charge in [-0.15, -0.1) is 11.3 Å². The zero-order valence-electron chi connectivity index (χ0n) is 14.4. The van der Waals surface area contributed by atoms with Crippen molar-refractivity contribution < 1.29 is 13.2 Å². The minimum Gasteiger partial charge on any atom is -0.352 e. The molecule has 26 heavy (non-hydrogen) atoms. The Labute approximate surface area is 166 Å². The van der Waals surface area contributed by atoms with Gasteiger partial charge in [-0.25, -0.2) is 8.42 Å². The van der Waals surface area contributed by atoms with Crippen LogP contribution in [0.4, 0.5) is 0 Å². The summed E-state index contributed by atoms with van der Waals surface area (Å²) in [6, 6.07) is 11.3. The first-order chi connectivity index (χ1) is 12.4. The van der Waals surface area contributed by atoms with Crippen molar-refractivity contribution in [3.05, 3.63) is 51.3 Å². The van der Waals surface area contributed by atoms with Crippen molar-refractivity contribution in [2.75, 3.05) is 13.1 Å². The minimum atomic E-state index is -3.54. The van der Waals surface area contributed by atoms with Crippen molar-refractivity contribution in [2.24, 2.45) is 5.92 Å². The molecule has 8 heteroatoms. The number of carbonyl (C=O) groups is 1. The predicted octanol–water partition coefficient (Wildman–Crippen LogP) is 3.54. The molecule has 1 amide bonds. The summed E-state index contributed by atoms with van der Waals surface area (Å²) in [5, 5.41) is 2.94. The molecule has 0 radical (unpaired) electrons. The molecule has 0 unspecified atom stereocenters. The fourth-order valence-electron chi connectivity index (χ4n) is 2.98. The molecule has 1 aromatic carbocycles. The number of thiophene rings is 1. The van der Waals surface area contributed by atoms with E-state index < -0.39 is 10.0 Å². The number of hydrogen-bond donors (Lipinski definition) is 1. The quantitative estimate of drug-likeness (QED) is 0.747. The molecule has 140 valence electrons. The van der Waals surface area contributed by atoms with Crippen molar-refractivity contribution >= 4 is 43.2 Å². The van der Waals surface area contributed by atoms with E-state index in [1.165, 1.54) is 21.2 Å². The summed E-state index contributed by atoms with van der Waals surface area (Å²) in [6.07, 6.45) is 1.40. The molecule has 3 rings (SSSR count). The first-order valence-electron chi connectivity index (χ1n) is 8.45. The molecule has 5 nitrogen and oxygen atoms in total. The molecular formula is C18H21BrN2O3S2. The smallest absolute Gasteiger partial charge is 0.252 e. The van der Waals surface area contributed by atoms with Crippen LogP contribution in [-0.2, 0) is 21.4 Å². The van der Waals surface area contributed by atoms with E-state index in [9.17, 15) is 13.2 Å². The number of piperidine rings is 1. The Hall–Kier alpha value is -1.22. The number of rotatable bonds is 5. The minimum absolute atomic E-state index is 0.0853. The van der Waals surface area contributed by atoms with Gasteiger partial charge < -0.3 is 5.32 Å². The number of nitrogens with one attached hydrogen (secondary N) is 1. The lowest BCUT2D eigenvalue weighted by Crippen LogP contribution is -2.45. The van der Waals surface area contributed by atoms with Crippen LogP contribution in [0, 0.1) is 12.8 Å². The first-order valence-corrected chi connectivity index (χ1v) is 11.5. The first kappa shape index (κ1) is 19.5. The summed E-state index contributed by atoms with van der Waals surface area (Å²) < 4.78 is 28.1. The highest BCUT2D eigenvalue weighted by Crippen LogP contribution is 2.30. The van der Waals surface area contributed by atoms with Gasteiger partial charge in [0.1, 0.15) is 4.21 Å². The molecule has 1 fully saturated rings. The highest BCUT2D eigenvalue weighted by Gasteiger charge is 2.33. The predicted molar refractivity (Wildman–Crippen MR) is 107 cm³/mol. The molecule has 1 atom stereocenters. The zero-order valence-corrected chi connectivity index (χ0v) is 17.7. The molecule has 1 aliphatic rings. The van der Waals surface area contributed by atoms with Crippen LogP contribution < -0.4 is 5.32 Å². The van der Waals surface area contributed by atoms with Gasteiger partial charge in [-0.05, 0) is 53.4 Å². The Morgan fingerprint density at radius 2 is 2.00 bits per heavy atom. The fourth-order valence-corrected chi connectivity index (χ4v) is 6.67. The van der Waals surface area contributed by atoms with Gasteiger partial charge in [-0.1, -0.05) is 29.8 Å². The highest BCUT2D eigenvalue weighted by atomic mass is 79.9. The molecular weight excluding hydrogens is 436 g/mol. The van der Waals surface area contributed by atoms with E-state index in [1.54, 1.807) is 12.1 Å². The summed E-state index contributed by atoms with van der Waals surface area (Å²) in [4.78, 5) is 12.5. The Morgan fingerprint density at radius 3 is 2.65 bits per heavy atom. The molecule has 1 aliphatic heterocycles. The van der Waals surface area contributed by atoms with Crippen molar-refractivity contribution in [1.82, 2.24) is 9.62 Å². The van der Waals surface area contributed by atoms with Crippen LogP contribution in [0.25, 0.3) is 0 Å². The monoisotopic (exact) mass is 456 g/mol. The van der Waals surface area contributed by atoms with Crippen molar-refractivity contribution in [2.45, 2.75) is 30.5 Å². The standard InChI is InChI=1S/C18H21BrN2O3S2/c1-13-4-6-14(7-5-13)11-20-18(22)15-3-2-10-21(12-15)26(23,24)17-9-8-16(19)25-17/h4-9,15H,2-3,10-12H2,1H3,(H,20,22)/t15-/m0/s1. The Bertz CT molecular complexity index is 878. The second kappa shape index (κ2) is 8.21. The summed E-state index contributed by atoms with van der Waals surface area (Å²) in [7, 11) is -3.54. The maximum atomic E-state index is 12.8. The second-order valence-electron chi connectivity index (χ2n) is 6.46. The lowest BCUT2D eigenvalue weighted by molar-refractivity contribution is -0.126. The third-order valence-corrected chi connectivity index (χ3v) is 8.44. The SMILES string of the molecule is Cc1ccc(CNC(=O)[C@H]2CCCN(S(=O)(=O)c3ccc(Br)s3)C2)cc1. The molecule has 1 saturated heterocycles. The van der Waals surface area contributed by atoms with Gasteiger partial charge in [-0.2, -0.15) is 4.31 Å². The van der Waals surface area contributed by atoms with Crippen molar-refractivity contribution in [1.29, 1.82) is 0 Å². The molecule has 1 aromatic heterocycles. The summed E-state index contributed by atoms with van der Waals surface area (Å²) >= 11 is 4.50. The molecule has 0 spiro atoms. The topological polar surface area (TPSA) is 66.5 Å². The van der Waals surface area contributed by atoms with E-state index in [0.717, 1.165) is 9.35 Å². The summed E-state index contributed by atoms with van der Waals surface area (Å²) in [5.74, 6) is -0.398. The van der Waals surface area contributed by atoms with Crippen LogP contribution in [0.15, 0.2) is 44.4 Å². The summed E-state index contributed by atoms with van der Waals surface area (Å²) in [5.41, 5.74) is 2.21. The number of amides is 1. The average Bonchev–Trinajstić information content (AvgIpc) is 3.08. The fraction of sp³-hybridized carbons (Fsp3) is 0.389. The third-order valence-electron chi connectivity index (χ3n) is 4.48. The van der Waals surface area contributed by atoms with Crippen LogP contribution in [0.5, 0.6) is 0 Å². The van der Waals surface area contributed by atoms with E-state index in [1.807, 2.05) is 31.2 Å². The molecule has 2 aromatic rings. The Balaban J connectivity index is 1.62. The number of benzene rings is 1. The lowest BCUT2D eigenvalue weighted by Gasteiger charge is -2.30. The van der Waals surface area contributed by atoms with E-state index in [0.29, 0.717) is 30.1 Å². The number of sulfonamides is 1. The number of halogens is 1. The second-order valence-corrected chi connectivity index (χ2v) is 11.1. The largest absolute Gasteiger partial charge is 0.352 e. The molecule has 0 bridgehead atoms. The maximum absolute atomic E-state index is 12.8. The maximum Gasteiger partial charge on any atom is 0.252 e. The van der Waals surface area contributed by atoms with Crippen LogP contribution in [-0.4, -0.2) is 31.7 Å². The summed E-state index contributed by atoms with van der Waals surface area (Å²) in [6.45, 7) is 3.17. The van der Waals surface area contributed by atoms with Crippen LogP contribution >= 0.6 is 27.3 Å². The Morgan fingerprint density at radius 1 is 1.27 bits per heavy atom. The number of aryl methyl sites for hydroxylation is 1. The van der Waals surface area contributed by atoms with Gasteiger partial charge in [0.25, 0.3) is 10.0 Å². The van der Waals surface area contributed by atoms with Gasteiger partial charge in [0.15, 0.2) is 0 Å². The normalized spacial score (nSPS) is 18.6. The van der Waals surface area contributed by atoms with Gasteiger partial charge in [0, 0.05) is 19.6 Å². The van der Waals surface area contributed by atoms with Gasteiger partial charge >= 0.3 is 0 Å². The van der Waals surface area contributed by atoms with Crippen LogP contribution in [0.1, 0.15) is 24.0 Å². The lowest BCUT2D eigenvalue weighted by atomic mass is 9.98. The van der Waals surface area contributed by atoms with E-state index in [2.05, 4.69) is 21.2 Å². The Kier molecular flexibility index (Phi) is 6.17. The number of nitrogens with zero attached hydrogens (tertiary/aromatic N) is 1. The van der Waals surface area contributed by atoms with Crippen molar-refractivity contribution in [3.8, 4) is 0 Å². The molecule has 2 heterocycles. The van der Waals surface area contributed by atoms with Crippen molar-refractivity contribution in [3.63, 3.8) is 0 Å². The van der Waals surface area contributed by atoms with E-state index >= 15 is 0 Å². The van der Waals surface area contributed by atoms with Gasteiger partial charge in [0.2, 0.25) is 5.91 Å². The van der Waals surface area contributed by atoms with Crippen LogP contribution in [0.3, 0.4) is 0 Å². The molecule has 0 aliphatic carbocycles. The van der Waals surface area contributed by atoms with E-state index in [4.69, 9.17) is 0 Å². The zero-order chi connectivity index (χ0) is 18.7. The average molecular weight is 457 g/mol. The molecule has 1 N–H and O–H groups in total. The van der Waals surface area contributed by atoms with Crippen LogP contribution in [0.2, 0.25) is 0 Å². The highest BCUT2D eigenvalue weighted by molar-refractivity contribution is 9.11. The van der Waals surface area contributed by atoms with E-state index in [-0.39, 0.29) is 18.4 Å². The van der Waals surface area contributed by atoms with Gasteiger partial charge in [0.05, 0.1) is 9.70 Å². The molecule has 0 saturated carbocycles.